The molecule has 0 spiro atoms. The summed E-state index contributed by atoms with van der Waals surface area (Å²) in [7, 11) is 0. The van der Waals surface area contributed by atoms with E-state index in [0.29, 0.717) is 31.2 Å². The summed E-state index contributed by atoms with van der Waals surface area (Å²) >= 11 is 0. The van der Waals surface area contributed by atoms with Crippen LogP contribution in [0.2, 0.25) is 0 Å². The molecule has 5 rings (SSSR count). The molecule has 2 fully saturated rings. The Labute approximate surface area is 210 Å². The first-order valence-electron chi connectivity index (χ1n) is 13.2. The minimum atomic E-state index is 0.342. The van der Waals surface area contributed by atoms with Crippen molar-refractivity contribution in [3.63, 3.8) is 0 Å². The largest absolute Gasteiger partial charge is 0.493 e. The summed E-state index contributed by atoms with van der Waals surface area (Å²) in [5, 5.41) is 0. The summed E-state index contributed by atoms with van der Waals surface area (Å²) < 4.78 is 12.1. The van der Waals surface area contributed by atoms with Crippen molar-refractivity contribution in [2.75, 3.05) is 32.8 Å². The van der Waals surface area contributed by atoms with Crippen LogP contribution < -0.4 is 9.47 Å². The van der Waals surface area contributed by atoms with Crippen molar-refractivity contribution < 1.29 is 9.47 Å². The molecule has 0 amide bonds. The minimum Gasteiger partial charge on any atom is -0.493 e. The van der Waals surface area contributed by atoms with Crippen molar-refractivity contribution in [3.8, 4) is 11.5 Å². The molecule has 3 aromatic carbocycles. The van der Waals surface area contributed by atoms with Gasteiger partial charge in [0.2, 0.25) is 0 Å². The molecule has 2 heterocycles. The second kappa shape index (κ2) is 11.3. The van der Waals surface area contributed by atoms with Crippen LogP contribution in [0.4, 0.5) is 0 Å². The normalized spacial score (nSPS) is 20.7. The van der Waals surface area contributed by atoms with Gasteiger partial charge < -0.3 is 9.47 Å². The van der Waals surface area contributed by atoms with Gasteiger partial charge in [-0.05, 0) is 56.5 Å². The maximum Gasteiger partial charge on any atom is 0.127 e. The maximum absolute atomic E-state index is 6.05. The van der Waals surface area contributed by atoms with Gasteiger partial charge in [-0.1, -0.05) is 66.7 Å². The molecule has 35 heavy (non-hydrogen) atoms. The lowest BCUT2D eigenvalue weighted by atomic mass is 9.82. The van der Waals surface area contributed by atoms with Crippen LogP contribution in [-0.2, 0) is 6.54 Å². The van der Waals surface area contributed by atoms with Crippen molar-refractivity contribution in [1.82, 2.24) is 9.80 Å². The number of nitrogens with zero attached hydrogens (tertiary/aromatic N) is 2. The lowest BCUT2D eigenvalue weighted by molar-refractivity contribution is 0.0375. The monoisotopic (exact) mass is 470 g/mol. The summed E-state index contributed by atoms with van der Waals surface area (Å²) in [6, 6.07) is 29.4. The first kappa shape index (κ1) is 23.9. The Balaban J connectivity index is 1.49. The molecule has 3 aromatic rings. The fourth-order valence-electron chi connectivity index (χ4n) is 6.12. The summed E-state index contributed by atoms with van der Waals surface area (Å²) in [5.41, 5.74) is 3.99. The number of rotatable bonds is 9. The van der Waals surface area contributed by atoms with E-state index in [9.17, 15) is 0 Å². The predicted octanol–water partition coefficient (Wildman–Crippen LogP) is 5.96. The molecule has 2 aliphatic rings. The van der Waals surface area contributed by atoms with Crippen molar-refractivity contribution >= 4 is 0 Å². The molecule has 0 aromatic heterocycles. The molecular weight excluding hydrogens is 432 g/mol. The van der Waals surface area contributed by atoms with Crippen LogP contribution in [-0.4, -0.2) is 54.7 Å². The minimum absolute atomic E-state index is 0.342. The van der Waals surface area contributed by atoms with Gasteiger partial charge in [0.25, 0.3) is 0 Å². The Kier molecular flexibility index (Phi) is 7.70. The molecule has 184 valence electrons. The molecule has 0 N–H and O–H groups in total. The van der Waals surface area contributed by atoms with Crippen molar-refractivity contribution in [2.45, 2.75) is 51.2 Å². The molecular formula is C31H38N2O2. The van der Waals surface area contributed by atoms with Gasteiger partial charge in [0, 0.05) is 37.6 Å². The average molecular weight is 471 g/mol. The first-order valence-corrected chi connectivity index (χ1v) is 13.2. The molecule has 0 bridgehead atoms. The standard InChI is InChI=1S/C31H38N2O2/c1-3-34-29-18-11-19-30(35-4-2)27(29)22-32-21-26-17-12-20-33(26)28(23-32)31(24-13-7-5-8-14-24)25-15-9-6-10-16-25/h5-11,13-16,18-19,26,28,31H,3-4,12,17,20-23H2,1-2H3/t26-,28-/m0/s1. The Hall–Kier alpha value is -2.82. The Morgan fingerprint density at radius 3 is 1.94 bits per heavy atom. The van der Waals surface area contributed by atoms with E-state index in [1.807, 2.05) is 6.07 Å². The summed E-state index contributed by atoms with van der Waals surface area (Å²) in [6.07, 6.45) is 2.56. The predicted molar refractivity (Wildman–Crippen MR) is 142 cm³/mol. The molecule has 0 saturated carbocycles. The quantitative estimate of drug-likeness (QED) is 0.385. The van der Waals surface area contributed by atoms with Gasteiger partial charge in [-0.2, -0.15) is 0 Å². The average Bonchev–Trinajstić information content (AvgIpc) is 3.37. The summed E-state index contributed by atoms with van der Waals surface area (Å²) in [5.74, 6) is 2.24. The van der Waals surface area contributed by atoms with Gasteiger partial charge in [-0.15, -0.1) is 0 Å². The topological polar surface area (TPSA) is 24.9 Å². The van der Waals surface area contributed by atoms with Gasteiger partial charge in [0.15, 0.2) is 0 Å². The van der Waals surface area contributed by atoms with Crippen LogP contribution in [0.3, 0.4) is 0 Å². The lowest BCUT2D eigenvalue weighted by Crippen LogP contribution is -2.57. The highest BCUT2D eigenvalue weighted by Crippen LogP contribution is 2.39. The second-order valence-electron chi connectivity index (χ2n) is 9.69. The first-order chi connectivity index (χ1) is 17.3. The number of ether oxygens (including phenoxy) is 2. The smallest absolute Gasteiger partial charge is 0.127 e. The lowest BCUT2D eigenvalue weighted by Gasteiger charge is -2.47. The Bertz CT molecular complexity index is 1010. The number of benzene rings is 3. The highest BCUT2D eigenvalue weighted by molar-refractivity contribution is 5.45. The van der Waals surface area contributed by atoms with Crippen LogP contribution in [0.15, 0.2) is 78.9 Å². The Morgan fingerprint density at radius 1 is 0.771 bits per heavy atom. The van der Waals surface area contributed by atoms with Gasteiger partial charge in [-0.3, -0.25) is 9.80 Å². The SMILES string of the molecule is CCOc1cccc(OCC)c1CN1C[C@@H]2CCCN2[C@H](C(c2ccccc2)c2ccccc2)C1. The molecule has 4 heteroatoms. The third-order valence-corrected chi connectivity index (χ3v) is 7.54. The van der Waals surface area contributed by atoms with Crippen LogP contribution in [0, 0.1) is 0 Å². The van der Waals surface area contributed by atoms with Gasteiger partial charge in [0.05, 0.1) is 18.8 Å². The highest BCUT2D eigenvalue weighted by atomic mass is 16.5. The van der Waals surface area contributed by atoms with E-state index in [4.69, 9.17) is 9.47 Å². The molecule has 0 aliphatic carbocycles. The second-order valence-corrected chi connectivity index (χ2v) is 9.69. The van der Waals surface area contributed by atoms with E-state index in [2.05, 4.69) is 96.4 Å². The number of hydrogen-bond donors (Lipinski definition) is 0. The molecule has 2 saturated heterocycles. The summed E-state index contributed by atoms with van der Waals surface area (Å²) in [4.78, 5) is 5.45. The van der Waals surface area contributed by atoms with Crippen molar-refractivity contribution in [2.24, 2.45) is 0 Å². The number of hydrogen-bond acceptors (Lipinski definition) is 4. The molecule has 0 unspecified atom stereocenters. The molecule has 2 atom stereocenters. The van der Waals surface area contributed by atoms with E-state index < -0.39 is 0 Å². The van der Waals surface area contributed by atoms with Crippen LogP contribution in [0.5, 0.6) is 11.5 Å². The fourth-order valence-corrected chi connectivity index (χ4v) is 6.12. The third-order valence-electron chi connectivity index (χ3n) is 7.54. The Morgan fingerprint density at radius 2 is 1.37 bits per heavy atom. The van der Waals surface area contributed by atoms with Crippen LogP contribution in [0.25, 0.3) is 0 Å². The zero-order valence-electron chi connectivity index (χ0n) is 21.1. The van der Waals surface area contributed by atoms with Gasteiger partial charge >= 0.3 is 0 Å². The molecule has 0 radical (unpaired) electrons. The fraction of sp³-hybridized carbons (Fsp3) is 0.419. The van der Waals surface area contributed by atoms with Crippen LogP contribution >= 0.6 is 0 Å². The summed E-state index contributed by atoms with van der Waals surface area (Å²) in [6.45, 7) is 9.58. The zero-order valence-corrected chi connectivity index (χ0v) is 21.1. The molecule has 2 aliphatic heterocycles. The third kappa shape index (κ3) is 5.24. The molecule has 4 nitrogen and oxygen atoms in total. The van der Waals surface area contributed by atoms with Crippen molar-refractivity contribution in [1.29, 1.82) is 0 Å². The maximum atomic E-state index is 6.05. The zero-order chi connectivity index (χ0) is 24.0. The van der Waals surface area contributed by atoms with E-state index in [-0.39, 0.29) is 0 Å². The van der Waals surface area contributed by atoms with E-state index in [1.54, 1.807) is 0 Å². The highest BCUT2D eigenvalue weighted by Gasteiger charge is 2.42. The van der Waals surface area contributed by atoms with E-state index in [0.717, 1.165) is 31.1 Å². The van der Waals surface area contributed by atoms with E-state index in [1.165, 1.54) is 36.1 Å². The number of fused-ring (bicyclic) bond motifs is 1. The van der Waals surface area contributed by atoms with Gasteiger partial charge in [0.1, 0.15) is 11.5 Å². The number of piperazine rings is 1. The van der Waals surface area contributed by atoms with Gasteiger partial charge in [-0.25, -0.2) is 0 Å². The van der Waals surface area contributed by atoms with Crippen molar-refractivity contribution in [3.05, 3.63) is 95.6 Å². The van der Waals surface area contributed by atoms with E-state index >= 15 is 0 Å². The van der Waals surface area contributed by atoms with Crippen LogP contribution in [0.1, 0.15) is 49.3 Å².